The fourth-order valence-corrected chi connectivity index (χ4v) is 6.92. The number of rotatable bonds is 9. The van der Waals surface area contributed by atoms with Gasteiger partial charge in [0.15, 0.2) is 0 Å². The highest BCUT2D eigenvalue weighted by Crippen LogP contribution is 2.37. The molecule has 8 nitrogen and oxygen atoms in total. The van der Waals surface area contributed by atoms with Gasteiger partial charge in [-0.25, -0.2) is 27.3 Å². The zero-order valence-corrected chi connectivity index (χ0v) is 23.3. The number of amides is 2. The van der Waals surface area contributed by atoms with Crippen molar-refractivity contribution in [3.05, 3.63) is 88.8 Å². The van der Waals surface area contributed by atoms with Crippen molar-refractivity contribution in [2.24, 2.45) is 5.92 Å². The number of carbonyl (C=O) groups excluding carboxylic acids is 1. The summed E-state index contributed by atoms with van der Waals surface area (Å²) in [4.78, 5) is 23.2. The summed E-state index contributed by atoms with van der Waals surface area (Å²) in [6.07, 6.45) is 5.69. The van der Waals surface area contributed by atoms with E-state index in [0.29, 0.717) is 35.3 Å². The molecule has 4 aromatic rings. The van der Waals surface area contributed by atoms with E-state index in [-0.39, 0.29) is 16.7 Å². The van der Waals surface area contributed by atoms with Gasteiger partial charge in [0.25, 0.3) is 10.0 Å². The SMILES string of the molecule is Cc1nccn1Cc1ccc(-c2cc(CC(C)C)sc2S(=O)(=O)NC(=O)N(C)Cc2ccccn2)cc1F. The molecule has 0 unspecified atom stereocenters. The Morgan fingerprint density at radius 1 is 1.16 bits per heavy atom. The van der Waals surface area contributed by atoms with Crippen LogP contribution in [0.5, 0.6) is 0 Å². The normalized spacial score (nSPS) is 11.6. The lowest BCUT2D eigenvalue weighted by Crippen LogP contribution is -2.40. The minimum atomic E-state index is -4.24. The molecule has 4 rings (SSSR count). The second-order valence-corrected chi connectivity index (χ2v) is 12.5. The van der Waals surface area contributed by atoms with E-state index < -0.39 is 21.9 Å². The lowest BCUT2D eigenvalue weighted by atomic mass is 10.0. The predicted molar refractivity (Wildman–Crippen MR) is 146 cm³/mol. The molecule has 0 radical (unpaired) electrons. The van der Waals surface area contributed by atoms with E-state index >= 15 is 4.39 Å². The first kappa shape index (κ1) is 27.5. The van der Waals surface area contributed by atoms with Crippen LogP contribution in [0.1, 0.15) is 35.8 Å². The Labute approximate surface area is 226 Å². The lowest BCUT2D eigenvalue weighted by molar-refractivity contribution is 0.212. The summed E-state index contributed by atoms with van der Waals surface area (Å²) in [5, 5.41) is 0. The van der Waals surface area contributed by atoms with Crippen LogP contribution < -0.4 is 4.72 Å². The highest BCUT2D eigenvalue weighted by atomic mass is 32.2. The van der Waals surface area contributed by atoms with Crippen LogP contribution in [0.25, 0.3) is 11.1 Å². The number of benzene rings is 1. The van der Waals surface area contributed by atoms with Crippen LogP contribution in [0.15, 0.2) is 65.3 Å². The summed E-state index contributed by atoms with van der Waals surface area (Å²) >= 11 is 1.09. The molecule has 38 heavy (non-hydrogen) atoms. The minimum absolute atomic E-state index is 0.0228. The van der Waals surface area contributed by atoms with E-state index in [9.17, 15) is 13.2 Å². The smallest absolute Gasteiger partial charge is 0.331 e. The molecule has 0 bridgehead atoms. The number of aryl methyl sites for hydroxylation is 1. The van der Waals surface area contributed by atoms with Gasteiger partial charge in [-0.3, -0.25) is 4.98 Å². The van der Waals surface area contributed by atoms with Crippen molar-refractivity contribution in [2.45, 2.75) is 44.5 Å². The molecular weight excluding hydrogens is 525 g/mol. The topological polar surface area (TPSA) is 97.2 Å². The monoisotopic (exact) mass is 555 g/mol. The van der Waals surface area contributed by atoms with Crippen molar-refractivity contribution in [3.63, 3.8) is 0 Å². The number of nitrogens with zero attached hydrogens (tertiary/aromatic N) is 4. The largest absolute Gasteiger partial charge is 0.331 e. The molecule has 3 aromatic heterocycles. The van der Waals surface area contributed by atoms with Crippen LogP contribution in [0.3, 0.4) is 0 Å². The lowest BCUT2D eigenvalue weighted by Gasteiger charge is -2.17. The van der Waals surface area contributed by atoms with Crippen LogP contribution in [0, 0.1) is 18.7 Å². The van der Waals surface area contributed by atoms with Gasteiger partial charge in [0.1, 0.15) is 15.9 Å². The fraction of sp³-hybridized carbons (Fsp3) is 0.296. The summed E-state index contributed by atoms with van der Waals surface area (Å²) in [5.41, 5.74) is 1.87. The Morgan fingerprint density at radius 2 is 1.95 bits per heavy atom. The summed E-state index contributed by atoms with van der Waals surface area (Å²) in [6.45, 7) is 6.36. The Kier molecular flexibility index (Phi) is 8.27. The first-order valence-corrected chi connectivity index (χ1v) is 14.4. The molecule has 200 valence electrons. The third-order valence-corrected chi connectivity index (χ3v) is 8.94. The quantitative estimate of drug-likeness (QED) is 0.305. The van der Waals surface area contributed by atoms with Gasteiger partial charge < -0.3 is 9.47 Å². The van der Waals surface area contributed by atoms with Crippen LogP contribution >= 0.6 is 11.3 Å². The molecule has 0 aliphatic carbocycles. The number of urea groups is 1. The van der Waals surface area contributed by atoms with Gasteiger partial charge in [-0.2, -0.15) is 0 Å². The van der Waals surface area contributed by atoms with Crippen molar-refractivity contribution in [2.75, 3.05) is 7.05 Å². The van der Waals surface area contributed by atoms with E-state index in [0.717, 1.165) is 22.0 Å². The van der Waals surface area contributed by atoms with E-state index in [1.54, 1.807) is 55.0 Å². The molecule has 1 aromatic carbocycles. The number of aromatic nitrogens is 3. The van der Waals surface area contributed by atoms with E-state index in [1.165, 1.54) is 18.0 Å². The predicted octanol–water partition coefficient (Wildman–Crippen LogP) is 5.23. The molecule has 0 saturated heterocycles. The number of imidazole rings is 1. The maximum atomic E-state index is 15.2. The van der Waals surface area contributed by atoms with Gasteiger partial charge in [-0.1, -0.05) is 32.0 Å². The summed E-state index contributed by atoms with van der Waals surface area (Å²) < 4.78 is 46.0. The molecule has 0 aliphatic heterocycles. The van der Waals surface area contributed by atoms with Crippen molar-refractivity contribution >= 4 is 27.4 Å². The Hall–Kier alpha value is -3.57. The Balaban J connectivity index is 1.63. The number of hydrogen-bond acceptors (Lipinski definition) is 6. The molecule has 0 atom stereocenters. The molecule has 1 N–H and O–H groups in total. The van der Waals surface area contributed by atoms with Crippen molar-refractivity contribution in [3.8, 4) is 11.1 Å². The number of halogens is 1. The average Bonchev–Trinajstić information content (AvgIpc) is 3.47. The maximum Gasteiger partial charge on any atom is 0.331 e. The molecule has 2 amide bonds. The molecular formula is C27H30FN5O3S2. The van der Waals surface area contributed by atoms with Crippen molar-refractivity contribution in [1.29, 1.82) is 0 Å². The first-order valence-electron chi connectivity index (χ1n) is 12.1. The van der Waals surface area contributed by atoms with E-state index in [1.807, 2.05) is 25.3 Å². The number of sulfonamides is 1. The summed E-state index contributed by atoms with van der Waals surface area (Å²) in [6, 6.07) is 11.0. The molecule has 0 saturated carbocycles. The third kappa shape index (κ3) is 6.46. The first-order chi connectivity index (χ1) is 18.0. The Morgan fingerprint density at radius 3 is 2.58 bits per heavy atom. The maximum absolute atomic E-state index is 15.2. The molecule has 0 spiro atoms. The van der Waals surface area contributed by atoms with Gasteiger partial charge >= 0.3 is 6.03 Å². The van der Waals surface area contributed by atoms with Gasteiger partial charge in [0.05, 0.1) is 18.8 Å². The summed E-state index contributed by atoms with van der Waals surface area (Å²) in [7, 11) is -2.74. The molecule has 0 aliphatic rings. The average molecular weight is 556 g/mol. The van der Waals surface area contributed by atoms with Gasteiger partial charge in [-0.15, -0.1) is 11.3 Å². The minimum Gasteiger partial charge on any atom is -0.331 e. The molecule has 11 heteroatoms. The van der Waals surface area contributed by atoms with Gasteiger partial charge in [0.2, 0.25) is 0 Å². The number of thiophene rings is 1. The van der Waals surface area contributed by atoms with Crippen LogP contribution in [0.2, 0.25) is 0 Å². The van der Waals surface area contributed by atoms with Crippen molar-refractivity contribution in [1.82, 2.24) is 24.2 Å². The fourth-order valence-electron chi connectivity index (χ4n) is 3.97. The molecule has 3 heterocycles. The van der Waals surface area contributed by atoms with Crippen molar-refractivity contribution < 1.29 is 17.6 Å². The number of pyridine rings is 1. The van der Waals surface area contributed by atoms with E-state index in [4.69, 9.17) is 0 Å². The number of nitrogens with one attached hydrogen (secondary N) is 1. The van der Waals surface area contributed by atoms with Crippen LogP contribution in [0.4, 0.5) is 9.18 Å². The number of hydrogen-bond donors (Lipinski definition) is 1. The second kappa shape index (κ2) is 11.4. The molecule has 0 fully saturated rings. The van der Waals surface area contributed by atoms with Crippen LogP contribution in [-0.4, -0.2) is 40.9 Å². The van der Waals surface area contributed by atoms with Crippen LogP contribution in [-0.2, 0) is 29.5 Å². The zero-order chi connectivity index (χ0) is 27.4. The van der Waals surface area contributed by atoms with Gasteiger partial charge in [0, 0.05) is 41.6 Å². The number of carbonyl (C=O) groups is 1. The van der Waals surface area contributed by atoms with Gasteiger partial charge in [-0.05, 0) is 49.1 Å². The highest BCUT2D eigenvalue weighted by Gasteiger charge is 2.27. The Bertz CT molecular complexity index is 1530. The zero-order valence-electron chi connectivity index (χ0n) is 21.7. The standard InChI is InChI=1S/C27H30FN5O3S2/c1-18(2)13-23-15-24(20-8-9-21(25(28)14-20)16-33-12-11-29-19(33)3)26(37-23)38(35,36)31-27(34)32(4)17-22-7-5-6-10-30-22/h5-12,14-15,18H,13,16-17H2,1-4H3,(H,31,34). The summed E-state index contributed by atoms with van der Waals surface area (Å²) in [5.74, 6) is 0.602. The third-order valence-electron chi connectivity index (χ3n) is 5.92. The highest BCUT2D eigenvalue weighted by molar-refractivity contribution is 7.92. The van der Waals surface area contributed by atoms with E-state index in [2.05, 4.69) is 14.7 Å². The second-order valence-electron chi connectivity index (χ2n) is 9.51.